The normalized spacial score (nSPS) is 20.9. The highest BCUT2D eigenvalue weighted by molar-refractivity contribution is 6.35. The average Bonchev–Trinajstić information content (AvgIpc) is 2.87. The van der Waals surface area contributed by atoms with Gasteiger partial charge in [-0.1, -0.05) is 17.7 Å². The number of nitrogens with two attached hydrogens (primary N) is 1. The molecule has 1 aromatic carbocycles. The summed E-state index contributed by atoms with van der Waals surface area (Å²) in [6, 6.07) is 5.83. The van der Waals surface area contributed by atoms with Gasteiger partial charge in [0.15, 0.2) is 0 Å². The SMILES string of the molecule is CN1CCC(Cn2c(N)nc3c(Cl)cccc32)C1. The summed E-state index contributed by atoms with van der Waals surface area (Å²) >= 11 is 6.14. The van der Waals surface area contributed by atoms with Crippen molar-refractivity contribution < 1.29 is 0 Å². The Morgan fingerprint density at radius 2 is 2.33 bits per heavy atom. The third-order valence-corrected chi connectivity index (χ3v) is 3.99. The minimum atomic E-state index is 0.563. The van der Waals surface area contributed by atoms with Gasteiger partial charge in [0.2, 0.25) is 5.95 Å². The van der Waals surface area contributed by atoms with Gasteiger partial charge in [-0.2, -0.15) is 0 Å². The van der Waals surface area contributed by atoms with Gasteiger partial charge in [-0.15, -0.1) is 0 Å². The molecule has 1 saturated heterocycles. The molecule has 1 unspecified atom stereocenters. The molecular formula is C13H17ClN4. The number of imidazole rings is 1. The van der Waals surface area contributed by atoms with Crippen molar-refractivity contribution in [1.82, 2.24) is 14.5 Å². The molecule has 2 N–H and O–H groups in total. The molecule has 0 bridgehead atoms. The Morgan fingerprint density at radius 3 is 3.06 bits per heavy atom. The Hall–Kier alpha value is -1.26. The van der Waals surface area contributed by atoms with Crippen LogP contribution in [-0.4, -0.2) is 34.6 Å². The van der Waals surface area contributed by atoms with Crippen LogP contribution in [0.15, 0.2) is 18.2 Å². The van der Waals surface area contributed by atoms with Crippen LogP contribution in [0.25, 0.3) is 11.0 Å². The van der Waals surface area contributed by atoms with Crippen LogP contribution in [0.3, 0.4) is 0 Å². The fourth-order valence-electron chi connectivity index (χ4n) is 2.76. The van der Waals surface area contributed by atoms with E-state index in [1.54, 1.807) is 0 Å². The first kappa shape index (κ1) is 11.8. The number of hydrogen-bond donors (Lipinski definition) is 1. The number of rotatable bonds is 2. The molecule has 0 saturated carbocycles. The van der Waals surface area contributed by atoms with E-state index >= 15 is 0 Å². The Bertz CT molecular complexity index is 578. The van der Waals surface area contributed by atoms with Gasteiger partial charge in [0, 0.05) is 13.1 Å². The first-order valence-electron chi connectivity index (χ1n) is 6.24. The molecule has 1 atom stereocenters. The second kappa shape index (κ2) is 4.44. The molecule has 5 heteroatoms. The summed E-state index contributed by atoms with van der Waals surface area (Å²) in [5.41, 5.74) is 7.86. The van der Waals surface area contributed by atoms with Crippen molar-refractivity contribution >= 4 is 28.6 Å². The summed E-state index contributed by atoms with van der Waals surface area (Å²) in [5.74, 6) is 1.21. The third kappa shape index (κ3) is 1.95. The Kier molecular flexibility index (Phi) is 2.92. The number of fused-ring (bicyclic) bond motifs is 1. The molecule has 2 aromatic rings. The van der Waals surface area contributed by atoms with Gasteiger partial charge in [0.05, 0.1) is 10.5 Å². The van der Waals surface area contributed by atoms with Gasteiger partial charge in [0.25, 0.3) is 0 Å². The number of benzene rings is 1. The van der Waals surface area contributed by atoms with Gasteiger partial charge in [-0.3, -0.25) is 0 Å². The van der Waals surface area contributed by atoms with Crippen LogP contribution in [0.5, 0.6) is 0 Å². The van der Waals surface area contributed by atoms with Crippen LogP contribution in [0.4, 0.5) is 5.95 Å². The van der Waals surface area contributed by atoms with E-state index in [-0.39, 0.29) is 0 Å². The lowest BCUT2D eigenvalue weighted by molar-refractivity contribution is 0.380. The maximum Gasteiger partial charge on any atom is 0.201 e. The first-order chi connectivity index (χ1) is 8.65. The van der Waals surface area contributed by atoms with Crippen molar-refractivity contribution in [1.29, 1.82) is 0 Å². The molecule has 0 radical (unpaired) electrons. The molecule has 96 valence electrons. The minimum absolute atomic E-state index is 0.563. The van der Waals surface area contributed by atoms with E-state index in [9.17, 15) is 0 Å². The lowest BCUT2D eigenvalue weighted by Gasteiger charge is -2.13. The summed E-state index contributed by atoms with van der Waals surface area (Å²) in [4.78, 5) is 6.72. The average molecular weight is 265 g/mol. The number of anilines is 1. The molecule has 2 heterocycles. The van der Waals surface area contributed by atoms with Crippen LogP contribution in [0, 0.1) is 5.92 Å². The molecule has 4 nitrogen and oxygen atoms in total. The Morgan fingerprint density at radius 1 is 1.50 bits per heavy atom. The molecular weight excluding hydrogens is 248 g/mol. The highest BCUT2D eigenvalue weighted by Crippen LogP contribution is 2.27. The largest absolute Gasteiger partial charge is 0.369 e. The monoisotopic (exact) mass is 264 g/mol. The number of aromatic nitrogens is 2. The summed E-state index contributed by atoms with van der Waals surface area (Å²) in [5, 5.41) is 0.668. The standard InChI is InChI=1S/C13H17ClN4/c1-17-6-5-9(7-17)8-18-11-4-2-3-10(14)12(11)16-13(18)15/h2-4,9H,5-8H2,1H3,(H2,15,16). The van der Waals surface area contributed by atoms with Crippen molar-refractivity contribution in [2.75, 3.05) is 25.9 Å². The quantitative estimate of drug-likeness (QED) is 0.905. The van der Waals surface area contributed by atoms with E-state index in [1.165, 1.54) is 6.42 Å². The van der Waals surface area contributed by atoms with E-state index in [4.69, 9.17) is 17.3 Å². The number of hydrogen-bond acceptors (Lipinski definition) is 3. The number of likely N-dealkylation sites (tertiary alicyclic amines) is 1. The number of para-hydroxylation sites is 1. The zero-order valence-electron chi connectivity index (χ0n) is 10.4. The number of nitrogens with zero attached hydrogens (tertiary/aromatic N) is 3. The predicted octanol–water partition coefficient (Wildman–Crippen LogP) is 2.22. The van der Waals surface area contributed by atoms with Gasteiger partial charge in [0.1, 0.15) is 5.52 Å². The molecule has 1 aromatic heterocycles. The summed E-state index contributed by atoms with van der Waals surface area (Å²) < 4.78 is 2.09. The van der Waals surface area contributed by atoms with Crippen LogP contribution in [0.1, 0.15) is 6.42 Å². The van der Waals surface area contributed by atoms with Crippen LogP contribution >= 0.6 is 11.6 Å². The highest BCUT2D eigenvalue weighted by atomic mass is 35.5. The third-order valence-electron chi connectivity index (χ3n) is 3.69. The Balaban J connectivity index is 1.96. The molecule has 1 aliphatic heterocycles. The zero-order chi connectivity index (χ0) is 12.7. The molecule has 0 spiro atoms. The van der Waals surface area contributed by atoms with Gasteiger partial charge < -0.3 is 15.2 Å². The van der Waals surface area contributed by atoms with E-state index < -0.39 is 0 Å². The fraction of sp³-hybridized carbons (Fsp3) is 0.462. The maximum atomic E-state index is 6.14. The Labute approximate surface area is 111 Å². The molecule has 1 fully saturated rings. The van der Waals surface area contributed by atoms with Crippen molar-refractivity contribution in [2.24, 2.45) is 5.92 Å². The minimum Gasteiger partial charge on any atom is -0.369 e. The van der Waals surface area contributed by atoms with E-state index in [0.29, 0.717) is 16.9 Å². The molecule has 18 heavy (non-hydrogen) atoms. The number of halogens is 1. The second-order valence-electron chi connectivity index (χ2n) is 5.11. The summed E-state index contributed by atoms with van der Waals surface area (Å²) in [7, 11) is 2.16. The van der Waals surface area contributed by atoms with Crippen molar-refractivity contribution in [3.8, 4) is 0 Å². The number of nitrogen functional groups attached to an aromatic ring is 1. The molecule has 0 amide bonds. The highest BCUT2D eigenvalue weighted by Gasteiger charge is 2.21. The van der Waals surface area contributed by atoms with Crippen LogP contribution in [0.2, 0.25) is 5.02 Å². The van der Waals surface area contributed by atoms with Crippen molar-refractivity contribution in [3.63, 3.8) is 0 Å². The lowest BCUT2D eigenvalue weighted by Crippen LogP contribution is -2.17. The van der Waals surface area contributed by atoms with Crippen LogP contribution < -0.4 is 5.73 Å². The van der Waals surface area contributed by atoms with Crippen molar-refractivity contribution in [3.05, 3.63) is 23.2 Å². The van der Waals surface area contributed by atoms with E-state index in [1.807, 2.05) is 18.2 Å². The van der Waals surface area contributed by atoms with Crippen molar-refractivity contribution in [2.45, 2.75) is 13.0 Å². The van der Waals surface area contributed by atoms with Gasteiger partial charge >= 0.3 is 0 Å². The van der Waals surface area contributed by atoms with E-state index in [0.717, 1.165) is 30.7 Å². The first-order valence-corrected chi connectivity index (χ1v) is 6.61. The second-order valence-corrected chi connectivity index (χ2v) is 5.51. The maximum absolute atomic E-state index is 6.14. The summed E-state index contributed by atoms with van der Waals surface area (Å²) in [6.45, 7) is 3.21. The van der Waals surface area contributed by atoms with Gasteiger partial charge in [-0.05, 0) is 38.1 Å². The lowest BCUT2D eigenvalue weighted by atomic mass is 10.1. The topological polar surface area (TPSA) is 47.1 Å². The predicted molar refractivity (Wildman–Crippen MR) is 74.8 cm³/mol. The smallest absolute Gasteiger partial charge is 0.201 e. The molecule has 3 rings (SSSR count). The zero-order valence-corrected chi connectivity index (χ0v) is 11.2. The van der Waals surface area contributed by atoms with Gasteiger partial charge in [-0.25, -0.2) is 4.98 Å². The van der Waals surface area contributed by atoms with Crippen LogP contribution in [-0.2, 0) is 6.54 Å². The summed E-state index contributed by atoms with van der Waals surface area (Å²) in [6.07, 6.45) is 1.22. The molecule has 0 aliphatic carbocycles. The fourth-order valence-corrected chi connectivity index (χ4v) is 2.97. The molecule has 1 aliphatic rings. The van der Waals surface area contributed by atoms with E-state index in [2.05, 4.69) is 21.5 Å².